The molecule has 3 rings (SSSR count). The number of aryl methyl sites for hydroxylation is 1. The summed E-state index contributed by atoms with van der Waals surface area (Å²) in [7, 11) is 0. The third-order valence-electron chi connectivity index (χ3n) is 3.55. The molecule has 0 amide bonds. The topological polar surface area (TPSA) is 82.5 Å². The van der Waals surface area contributed by atoms with Crippen LogP contribution in [0.3, 0.4) is 0 Å². The Bertz CT molecular complexity index is 590. The Labute approximate surface area is 122 Å². The van der Waals surface area contributed by atoms with Gasteiger partial charge in [0.05, 0.1) is 6.04 Å². The van der Waals surface area contributed by atoms with Gasteiger partial charge in [-0.2, -0.15) is 0 Å². The lowest BCUT2D eigenvalue weighted by Crippen LogP contribution is -2.08. The lowest BCUT2D eigenvalue weighted by molar-refractivity contribution is 0.423. The molecule has 0 aliphatic heterocycles. The van der Waals surface area contributed by atoms with Gasteiger partial charge < -0.3 is 5.73 Å². The van der Waals surface area contributed by atoms with E-state index >= 15 is 0 Å². The highest BCUT2D eigenvalue weighted by molar-refractivity contribution is 7.99. The van der Waals surface area contributed by atoms with E-state index in [0.29, 0.717) is 12.6 Å². The predicted molar refractivity (Wildman–Crippen MR) is 76.3 cm³/mol. The quantitative estimate of drug-likeness (QED) is 0.928. The minimum atomic E-state index is 0.436. The molecule has 1 aliphatic carbocycles. The van der Waals surface area contributed by atoms with Gasteiger partial charge in [0.1, 0.15) is 5.03 Å². The summed E-state index contributed by atoms with van der Waals surface area (Å²) < 4.78 is 1.95. The molecule has 2 aromatic rings. The maximum absolute atomic E-state index is 5.71. The van der Waals surface area contributed by atoms with Crippen molar-refractivity contribution in [2.45, 2.75) is 55.4 Å². The number of hydrogen-bond acceptors (Lipinski definition) is 6. The molecule has 2 N–H and O–H groups in total. The van der Waals surface area contributed by atoms with Gasteiger partial charge in [0.2, 0.25) is 5.16 Å². The van der Waals surface area contributed by atoms with E-state index in [9.17, 15) is 0 Å². The molecule has 106 valence electrons. The molecule has 0 unspecified atom stereocenters. The number of rotatable bonds is 4. The molecule has 0 saturated heterocycles. The summed E-state index contributed by atoms with van der Waals surface area (Å²) >= 11 is 1.51. The molecule has 0 atom stereocenters. The highest BCUT2D eigenvalue weighted by Gasteiger charge is 2.22. The molecule has 0 radical (unpaired) electrons. The van der Waals surface area contributed by atoms with Crippen LogP contribution in [0.5, 0.6) is 0 Å². The van der Waals surface area contributed by atoms with E-state index in [-0.39, 0.29) is 0 Å². The van der Waals surface area contributed by atoms with Crippen molar-refractivity contribution >= 4 is 11.8 Å². The van der Waals surface area contributed by atoms with Crippen molar-refractivity contribution in [3.8, 4) is 0 Å². The largest absolute Gasteiger partial charge is 0.326 e. The lowest BCUT2D eigenvalue weighted by atomic mass is 10.2. The maximum atomic E-state index is 5.71. The van der Waals surface area contributed by atoms with Crippen LogP contribution in [0.25, 0.3) is 0 Å². The van der Waals surface area contributed by atoms with Crippen LogP contribution in [0, 0.1) is 6.92 Å². The zero-order valence-electron chi connectivity index (χ0n) is 11.5. The van der Waals surface area contributed by atoms with Crippen LogP contribution < -0.4 is 5.73 Å². The fraction of sp³-hybridized carbons (Fsp3) is 0.538. The van der Waals surface area contributed by atoms with Crippen molar-refractivity contribution in [3.05, 3.63) is 23.4 Å². The molecule has 1 saturated carbocycles. The number of nitrogens with zero attached hydrogens (tertiary/aromatic N) is 5. The van der Waals surface area contributed by atoms with Crippen LogP contribution in [-0.4, -0.2) is 25.2 Å². The molecular weight excluding hydrogens is 272 g/mol. The highest BCUT2D eigenvalue weighted by Crippen LogP contribution is 2.33. The van der Waals surface area contributed by atoms with Crippen molar-refractivity contribution in [1.82, 2.24) is 25.2 Å². The zero-order valence-corrected chi connectivity index (χ0v) is 12.3. The van der Waals surface area contributed by atoms with Crippen molar-refractivity contribution in [3.63, 3.8) is 0 Å². The van der Waals surface area contributed by atoms with Gasteiger partial charge in [0.25, 0.3) is 0 Å². The van der Waals surface area contributed by atoms with Crippen molar-refractivity contribution in [2.24, 2.45) is 5.73 Å². The summed E-state index contributed by atoms with van der Waals surface area (Å²) in [4.78, 5) is 4.52. The smallest absolute Gasteiger partial charge is 0.215 e. The first-order chi connectivity index (χ1) is 9.76. The Kier molecular flexibility index (Phi) is 3.98. The number of tetrazole rings is 1. The first-order valence-electron chi connectivity index (χ1n) is 6.89. The minimum Gasteiger partial charge on any atom is -0.326 e. The van der Waals surface area contributed by atoms with E-state index in [1.165, 1.54) is 24.6 Å². The van der Waals surface area contributed by atoms with Crippen LogP contribution in [0.1, 0.15) is 43.0 Å². The second-order valence-corrected chi connectivity index (χ2v) is 6.09. The Morgan fingerprint density at radius 3 is 2.90 bits per heavy atom. The molecule has 0 bridgehead atoms. The van der Waals surface area contributed by atoms with Crippen LogP contribution in [0.2, 0.25) is 0 Å². The first-order valence-corrected chi connectivity index (χ1v) is 7.71. The molecule has 2 aromatic heterocycles. The average Bonchev–Trinajstić information content (AvgIpc) is 3.08. The highest BCUT2D eigenvalue weighted by atomic mass is 32.2. The van der Waals surface area contributed by atoms with Gasteiger partial charge in [0, 0.05) is 12.2 Å². The fourth-order valence-electron chi connectivity index (χ4n) is 2.60. The minimum absolute atomic E-state index is 0.436. The first kappa shape index (κ1) is 13.5. The molecule has 1 fully saturated rings. The molecule has 2 heterocycles. The summed E-state index contributed by atoms with van der Waals surface area (Å²) in [6, 6.07) is 4.45. The summed E-state index contributed by atoms with van der Waals surface area (Å²) in [6.45, 7) is 2.49. The summed E-state index contributed by atoms with van der Waals surface area (Å²) in [5.74, 6) is 0. The molecule has 0 spiro atoms. The van der Waals surface area contributed by atoms with Gasteiger partial charge >= 0.3 is 0 Å². The number of aromatic nitrogens is 5. The SMILES string of the molecule is Cc1cc(CN)cc(Sc2nnnn2C2CCCC2)n1. The van der Waals surface area contributed by atoms with Crippen LogP contribution in [0.15, 0.2) is 22.3 Å². The second kappa shape index (κ2) is 5.88. The van der Waals surface area contributed by atoms with Crippen LogP contribution in [-0.2, 0) is 6.54 Å². The van der Waals surface area contributed by atoms with E-state index in [2.05, 4.69) is 20.5 Å². The monoisotopic (exact) mass is 290 g/mol. The van der Waals surface area contributed by atoms with Gasteiger partial charge in [-0.15, -0.1) is 5.10 Å². The van der Waals surface area contributed by atoms with Crippen molar-refractivity contribution in [1.29, 1.82) is 0 Å². The summed E-state index contributed by atoms with van der Waals surface area (Å²) in [5, 5.41) is 13.8. The Morgan fingerprint density at radius 1 is 1.35 bits per heavy atom. The molecule has 6 nitrogen and oxygen atoms in total. The number of nitrogens with two attached hydrogens (primary N) is 1. The standard InChI is InChI=1S/C13H18N6S/c1-9-6-10(8-14)7-12(15-9)20-13-16-17-18-19(13)11-4-2-3-5-11/h6-7,11H,2-5,8,14H2,1H3. The van der Waals surface area contributed by atoms with E-state index < -0.39 is 0 Å². The van der Waals surface area contributed by atoms with Crippen LogP contribution in [0.4, 0.5) is 0 Å². The van der Waals surface area contributed by atoms with Crippen molar-refractivity contribution in [2.75, 3.05) is 0 Å². The normalized spacial score (nSPS) is 15.9. The number of pyridine rings is 1. The predicted octanol–water partition coefficient (Wildman–Crippen LogP) is 2.10. The molecule has 20 heavy (non-hydrogen) atoms. The molecule has 0 aromatic carbocycles. The zero-order chi connectivity index (χ0) is 13.9. The Morgan fingerprint density at radius 2 is 2.15 bits per heavy atom. The van der Waals surface area contributed by atoms with Gasteiger partial charge in [-0.05, 0) is 59.7 Å². The van der Waals surface area contributed by atoms with Gasteiger partial charge in [-0.25, -0.2) is 9.67 Å². The third-order valence-corrected chi connectivity index (χ3v) is 4.42. The molecular formula is C13H18N6S. The molecule has 7 heteroatoms. The molecule has 1 aliphatic rings. The van der Waals surface area contributed by atoms with E-state index in [0.717, 1.165) is 34.3 Å². The van der Waals surface area contributed by atoms with Gasteiger partial charge in [-0.3, -0.25) is 0 Å². The Hall–Kier alpha value is -1.47. The van der Waals surface area contributed by atoms with Gasteiger partial charge in [0.15, 0.2) is 0 Å². The van der Waals surface area contributed by atoms with E-state index in [1.54, 1.807) is 0 Å². The van der Waals surface area contributed by atoms with Gasteiger partial charge in [-0.1, -0.05) is 12.8 Å². The summed E-state index contributed by atoms with van der Waals surface area (Å²) in [5.41, 5.74) is 7.76. The van der Waals surface area contributed by atoms with Crippen LogP contribution >= 0.6 is 11.8 Å². The number of hydrogen-bond donors (Lipinski definition) is 1. The average molecular weight is 290 g/mol. The Balaban J connectivity index is 1.84. The third kappa shape index (κ3) is 2.83. The second-order valence-electron chi connectivity index (χ2n) is 5.11. The summed E-state index contributed by atoms with van der Waals surface area (Å²) in [6.07, 6.45) is 4.84. The lowest BCUT2D eigenvalue weighted by Gasteiger charge is -2.11. The maximum Gasteiger partial charge on any atom is 0.215 e. The van der Waals surface area contributed by atoms with E-state index in [4.69, 9.17) is 5.73 Å². The van der Waals surface area contributed by atoms with E-state index in [1.807, 2.05) is 23.7 Å². The van der Waals surface area contributed by atoms with Crippen molar-refractivity contribution < 1.29 is 0 Å². The fourth-order valence-corrected chi connectivity index (χ4v) is 3.54.